The van der Waals surface area contributed by atoms with Gasteiger partial charge in [0.1, 0.15) is 0 Å². The summed E-state index contributed by atoms with van der Waals surface area (Å²) in [5.74, 6) is 0.597. The van der Waals surface area contributed by atoms with Crippen LogP contribution in [0.15, 0.2) is 28.7 Å². The molecule has 1 aromatic rings. The Morgan fingerprint density at radius 1 is 1.31 bits per heavy atom. The van der Waals surface area contributed by atoms with E-state index in [2.05, 4.69) is 39.6 Å². The average Bonchev–Trinajstić information content (AvgIpc) is 2.06. The third kappa shape index (κ3) is 1.77. The molecular formula is C10H12BrNO. The Bertz CT molecular complexity index is 297. The lowest BCUT2D eigenvalue weighted by Gasteiger charge is -2.34. The number of benzene rings is 1. The maximum Gasteiger partial charge on any atom is 0.0331 e. The molecule has 13 heavy (non-hydrogen) atoms. The van der Waals surface area contributed by atoms with Crippen LogP contribution in [0.3, 0.4) is 0 Å². The second kappa shape index (κ2) is 3.78. The summed E-state index contributed by atoms with van der Waals surface area (Å²) in [6, 6.07) is 8.57. The Balaban J connectivity index is 2.07. The molecule has 1 aromatic carbocycles. The van der Waals surface area contributed by atoms with Gasteiger partial charge >= 0.3 is 0 Å². The van der Waals surface area contributed by atoms with Crippen LogP contribution in [0.25, 0.3) is 0 Å². The summed E-state index contributed by atoms with van der Waals surface area (Å²) < 4.78 is 1.18. The lowest BCUT2D eigenvalue weighted by molar-refractivity contribution is 0.0781. The van der Waals surface area contributed by atoms with Crippen LogP contribution in [0.1, 0.15) is 24.3 Å². The Morgan fingerprint density at radius 3 is 2.62 bits per heavy atom. The molecule has 0 aromatic heterocycles. The normalized spacial score (nSPS) is 26.9. The molecule has 0 spiro atoms. The summed E-state index contributed by atoms with van der Waals surface area (Å²) in [7, 11) is 0. The topological polar surface area (TPSA) is 32.3 Å². The molecule has 1 fully saturated rings. The summed E-state index contributed by atoms with van der Waals surface area (Å²) in [6.45, 7) is 0. The third-order valence-corrected chi connectivity index (χ3v) is 3.39. The van der Waals surface area contributed by atoms with Crippen LogP contribution in [-0.2, 0) is 0 Å². The van der Waals surface area contributed by atoms with Gasteiger partial charge in [0.05, 0.1) is 0 Å². The zero-order chi connectivity index (χ0) is 9.26. The molecule has 0 unspecified atom stereocenters. The van der Waals surface area contributed by atoms with E-state index >= 15 is 0 Å². The minimum atomic E-state index is 0.289. The maximum atomic E-state index is 8.66. The molecule has 0 amide bonds. The lowest BCUT2D eigenvalue weighted by Crippen LogP contribution is -2.38. The van der Waals surface area contributed by atoms with Gasteiger partial charge in [-0.15, -0.1) is 0 Å². The average molecular weight is 242 g/mol. The van der Waals surface area contributed by atoms with Crippen molar-refractivity contribution in [1.29, 1.82) is 0 Å². The predicted molar refractivity (Wildman–Crippen MR) is 54.8 cm³/mol. The number of halogens is 1. The fraction of sp³-hybridized carbons (Fsp3) is 0.400. The van der Waals surface area contributed by atoms with E-state index in [9.17, 15) is 0 Å². The van der Waals surface area contributed by atoms with Gasteiger partial charge in [-0.3, -0.25) is 0 Å². The molecule has 3 heteroatoms. The molecule has 2 nitrogen and oxygen atoms in total. The van der Waals surface area contributed by atoms with E-state index in [1.807, 2.05) is 6.07 Å². The molecule has 0 atom stereocenters. The number of rotatable bonds is 2. The van der Waals surface area contributed by atoms with E-state index in [1.54, 1.807) is 0 Å². The highest BCUT2D eigenvalue weighted by molar-refractivity contribution is 9.10. The van der Waals surface area contributed by atoms with Crippen LogP contribution >= 0.6 is 15.9 Å². The Labute approximate surface area is 86.1 Å². The summed E-state index contributed by atoms with van der Waals surface area (Å²) in [6.07, 6.45) is 2.05. The standard InChI is InChI=1S/C10H12BrNO/c11-10-4-2-1-3-9(10)7-5-8(6-7)12-13/h1-4,7-8,12-13H,5-6H2. The van der Waals surface area contributed by atoms with E-state index in [4.69, 9.17) is 5.21 Å². The molecule has 0 aliphatic heterocycles. The molecule has 0 saturated heterocycles. The molecule has 1 aliphatic carbocycles. The molecule has 0 radical (unpaired) electrons. The van der Waals surface area contributed by atoms with Crippen LogP contribution in [0.5, 0.6) is 0 Å². The van der Waals surface area contributed by atoms with Gasteiger partial charge in [-0.25, -0.2) is 5.48 Å². The molecule has 70 valence electrons. The molecule has 1 saturated carbocycles. The van der Waals surface area contributed by atoms with E-state index in [1.165, 1.54) is 10.0 Å². The van der Waals surface area contributed by atoms with Crippen LogP contribution in [0, 0.1) is 0 Å². The summed E-state index contributed by atoms with van der Waals surface area (Å²) in [4.78, 5) is 0. The first-order valence-electron chi connectivity index (χ1n) is 4.45. The summed E-state index contributed by atoms with van der Waals surface area (Å²) >= 11 is 3.53. The van der Waals surface area contributed by atoms with Gasteiger partial charge in [0.15, 0.2) is 0 Å². The molecule has 0 heterocycles. The Kier molecular flexibility index (Phi) is 2.67. The van der Waals surface area contributed by atoms with Gasteiger partial charge in [-0.2, -0.15) is 0 Å². The summed E-state index contributed by atoms with van der Waals surface area (Å²) in [5, 5.41) is 8.66. The van der Waals surface area contributed by atoms with Crippen LogP contribution in [0.4, 0.5) is 0 Å². The van der Waals surface area contributed by atoms with Gasteiger partial charge in [0.2, 0.25) is 0 Å². The highest BCUT2D eigenvalue weighted by atomic mass is 79.9. The van der Waals surface area contributed by atoms with Gasteiger partial charge in [0, 0.05) is 10.5 Å². The maximum absolute atomic E-state index is 8.66. The highest BCUT2D eigenvalue weighted by Gasteiger charge is 2.30. The fourth-order valence-corrected chi connectivity index (χ4v) is 2.39. The zero-order valence-electron chi connectivity index (χ0n) is 7.20. The number of hydrogen-bond acceptors (Lipinski definition) is 2. The lowest BCUT2D eigenvalue weighted by atomic mass is 9.76. The first-order chi connectivity index (χ1) is 6.31. The molecule has 0 bridgehead atoms. The van der Waals surface area contributed by atoms with Gasteiger partial charge in [0.25, 0.3) is 0 Å². The zero-order valence-corrected chi connectivity index (χ0v) is 8.79. The quantitative estimate of drug-likeness (QED) is 0.781. The minimum Gasteiger partial charge on any atom is -0.317 e. The second-order valence-electron chi connectivity index (χ2n) is 3.52. The number of hydrogen-bond donors (Lipinski definition) is 2. The van der Waals surface area contributed by atoms with Crippen LogP contribution in [0.2, 0.25) is 0 Å². The largest absolute Gasteiger partial charge is 0.317 e. The molecular weight excluding hydrogens is 230 g/mol. The first-order valence-corrected chi connectivity index (χ1v) is 5.24. The smallest absolute Gasteiger partial charge is 0.0331 e. The first kappa shape index (κ1) is 9.19. The van der Waals surface area contributed by atoms with Gasteiger partial charge in [-0.1, -0.05) is 34.1 Å². The summed E-state index contributed by atoms with van der Waals surface area (Å²) in [5.41, 5.74) is 3.66. The van der Waals surface area contributed by atoms with Gasteiger partial charge < -0.3 is 5.21 Å². The Morgan fingerprint density at radius 2 is 2.00 bits per heavy atom. The van der Waals surface area contributed by atoms with Crippen molar-refractivity contribution in [3.8, 4) is 0 Å². The number of nitrogens with one attached hydrogen (secondary N) is 1. The van der Waals surface area contributed by atoms with E-state index in [0.717, 1.165) is 12.8 Å². The predicted octanol–water partition coefficient (Wildman–Crippen LogP) is 2.67. The van der Waals surface area contributed by atoms with Crippen molar-refractivity contribution < 1.29 is 5.21 Å². The SMILES string of the molecule is ONC1CC(c2ccccc2Br)C1. The Hall–Kier alpha value is -0.380. The molecule has 2 rings (SSSR count). The fourth-order valence-electron chi connectivity index (χ4n) is 1.78. The van der Waals surface area contributed by atoms with Crippen molar-refractivity contribution >= 4 is 15.9 Å². The van der Waals surface area contributed by atoms with E-state index in [0.29, 0.717) is 5.92 Å². The van der Waals surface area contributed by atoms with Gasteiger partial charge in [-0.05, 0) is 30.4 Å². The van der Waals surface area contributed by atoms with Crippen LogP contribution < -0.4 is 5.48 Å². The third-order valence-electron chi connectivity index (χ3n) is 2.67. The van der Waals surface area contributed by atoms with Crippen molar-refractivity contribution in [2.75, 3.05) is 0 Å². The van der Waals surface area contributed by atoms with Crippen molar-refractivity contribution in [2.45, 2.75) is 24.8 Å². The monoisotopic (exact) mass is 241 g/mol. The van der Waals surface area contributed by atoms with E-state index < -0.39 is 0 Å². The van der Waals surface area contributed by atoms with E-state index in [-0.39, 0.29) is 6.04 Å². The van der Waals surface area contributed by atoms with Crippen molar-refractivity contribution in [1.82, 2.24) is 5.48 Å². The highest BCUT2D eigenvalue weighted by Crippen LogP contribution is 2.39. The number of hydroxylamine groups is 1. The van der Waals surface area contributed by atoms with Crippen molar-refractivity contribution in [3.05, 3.63) is 34.3 Å². The van der Waals surface area contributed by atoms with Crippen molar-refractivity contribution in [3.63, 3.8) is 0 Å². The minimum absolute atomic E-state index is 0.289. The second-order valence-corrected chi connectivity index (χ2v) is 4.37. The van der Waals surface area contributed by atoms with Crippen molar-refractivity contribution in [2.24, 2.45) is 0 Å². The van der Waals surface area contributed by atoms with Crippen LogP contribution in [-0.4, -0.2) is 11.2 Å². The molecule has 1 aliphatic rings. The molecule has 2 N–H and O–H groups in total.